The number of ketones is 1. The Bertz CT molecular complexity index is 821. The first-order chi connectivity index (χ1) is 13.5. The van der Waals surface area contributed by atoms with Crippen LogP contribution in [0.2, 0.25) is 0 Å². The van der Waals surface area contributed by atoms with Crippen LogP contribution in [0.4, 0.5) is 0 Å². The molecule has 3 rings (SSSR count). The number of hydrogen-bond donors (Lipinski definition) is 0. The number of hydrogen-bond acceptors (Lipinski definition) is 5. The van der Waals surface area contributed by atoms with E-state index in [1.54, 1.807) is 24.0 Å². The molecule has 1 aliphatic heterocycles. The summed E-state index contributed by atoms with van der Waals surface area (Å²) in [5.41, 5.74) is 1.71. The maximum atomic E-state index is 12.5. The van der Waals surface area contributed by atoms with Gasteiger partial charge in [0, 0.05) is 18.7 Å². The lowest BCUT2D eigenvalue weighted by Gasteiger charge is -2.31. The van der Waals surface area contributed by atoms with Crippen molar-refractivity contribution in [1.82, 2.24) is 4.90 Å². The van der Waals surface area contributed by atoms with Crippen molar-refractivity contribution in [2.45, 2.75) is 39.2 Å². The number of amides is 1. The monoisotopic (exact) mass is 399 g/mol. The highest BCUT2D eigenvalue weighted by molar-refractivity contribution is 7.12. The maximum absolute atomic E-state index is 12.5. The lowest BCUT2D eigenvalue weighted by atomic mass is 9.96. The molecule has 5 nitrogen and oxygen atoms in total. The molecular weight excluding hydrogens is 374 g/mol. The maximum Gasteiger partial charge on any atom is 0.309 e. The summed E-state index contributed by atoms with van der Waals surface area (Å²) >= 11 is 1.42. The summed E-state index contributed by atoms with van der Waals surface area (Å²) in [6.07, 6.45) is 1.21. The topological polar surface area (TPSA) is 63.7 Å². The number of Topliss-reactive ketones (excluding diaryl/α,β-unsaturated/α-hetero) is 1. The van der Waals surface area contributed by atoms with Crippen molar-refractivity contribution in [2.75, 3.05) is 13.1 Å². The van der Waals surface area contributed by atoms with Gasteiger partial charge in [-0.25, -0.2) is 0 Å². The normalized spacial score (nSPS) is 15.9. The molecule has 1 fully saturated rings. The van der Waals surface area contributed by atoms with E-state index in [2.05, 4.69) is 6.92 Å². The van der Waals surface area contributed by atoms with Gasteiger partial charge in [0.2, 0.25) is 5.78 Å². The van der Waals surface area contributed by atoms with Gasteiger partial charge < -0.3 is 9.64 Å². The second kappa shape index (κ2) is 9.15. The molecule has 1 amide bonds. The third-order valence-corrected chi connectivity index (χ3v) is 6.01. The zero-order valence-electron chi connectivity index (χ0n) is 16.2. The van der Waals surface area contributed by atoms with Crippen LogP contribution in [0, 0.1) is 5.92 Å². The van der Waals surface area contributed by atoms with Crippen LogP contribution in [0.5, 0.6) is 0 Å². The Labute approximate surface area is 169 Å². The summed E-state index contributed by atoms with van der Waals surface area (Å²) in [4.78, 5) is 39.9. The van der Waals surface area contributed by atoms with Crippen LogP contribution in [0.15, 0.2) is 41.8 Å². The van der Waals surface area contributed by atoms with Gasteiger partial charge in [-0.05, 0) is 43.2 Å². The fourth-order valence-corrected chi connectivity index (χ4v) is 4.03. The molecule has 2 heterocycles. The van der Waals surface area contributed by atoms with Crippen LogP contribution in [0.25, 0.3) is 0 Å². The van der Waals surface area contributed by atoms with Crippen LogP contribution in [0.1, 0.15) is 52.3 Å². The third kappa shape index (κ3) is 4.68. The zero-order valence-corrected chi connectivity index (χ0v) is 17.0. The molecule has 0 unspecified atom stereocenters. The van der Waals surface area contributed by atoms with Gasteiger partial charge in [-0.1, -0.05) is 37.3 Å². The molecule has 1 aromatic carbocycles. The molecule has 1 saturated heterocycles. The highest BCUT2D eigenvalue weighted by Crippen LogP contribution is 2.22. The van der Waals surface area contributed by atoms with E-state index in [0.29, 0.717) is 36.4 Å². The first-order valence-electron chi connectivity index (χ1n) is 9.66. The van der Waals surface area contributed by atoms with Crippen LogP contribution in [-0.2, 0) is 16.0 Å². The Morgan fingerprint density at radius 3 is 2.39 bits per heavy atom. The predicted octanol–water partition coefficient (Wildman–Crippen LogP) is 3.98. The number of carbonyl (C=O) groups excluding carboxylic acids is 3. The Balaban J connectivity index is 1.50. The van der Waals surface area contributed by atoms with E-state index < -0.39 is 6.10 Å². The molecule has 1 atom stereocenters. The van der Waals surface area contributed by atoms with Crippen molar-refractivity contribution in [3.63, 3.8) is 0 Å². The molecule has 2 aromatic rings. The van der Waals surface area contributed by atoms with Crippen molar-refractivity contribution in [1.29, 1.82) is 0 Å². The number of carbonyl (C=O) groups is 3. The third-order valence-electron chi connectivity index (χ3n) is 5.16. The summed E-state index contributed by atoms with van der Waals surface area (Å²) in [5.74, 6) is -0.804. The highest BCUT2D eigenvalue weighted by atomic mass is 32.1. The van der Waals surface area contributed by atoms with E-state index in [1.165, 1.54) is 11.3 Å². The molecule has 1 aliphatic rings. The Morgan fingerprint density at radius 2 is 1.82 bits per heavy atom. The quantitative estimate of drug-likeness (QED) is 0.544. The number of benzene rings is 1. The fourth-order valence-electron chi connectivity index (χ4n) is 3.34. The van der Waals surface area contributed by atoms with E-state index in [-0.39, 0.29) is 23.6 Å². The summed E-state index contributed by atoms with van der Waals surface area (Å²) in [7, 11) is 0. The van der Waals surface area contributed by atoms with Gasteiger partial charge in [0.25, 0.3) is 5.91 Å². The lowest BCUT2D eigenvalue weighted by Crippen LogP contribution is -2.41. The number of ether oxygens (including phenoxy) is 1. The second-order valence-electron chi connectivity index (χ2n) is 7.04. The number of thiophene rings is 1. The number of likely N-dealkylation sites (tertiary alicyclic amines) is 1. The lowest BCUT2D eigenvalue weighted by molar-refractivity contribution is -0.152. The van der Waals surface area contributed by atoms with Crippen molar-refractivity contribution >= 4 is 29.0 Å². The van der Waals surface area contributed by atoms with Crippen LogP contribution in [-0.4, -0.2) is 41.8 Å². The molecule has 28 heavy (non-hydrogen) atoms. The van der Waals surface area contributed by atoms with Crippen molar-refractivity contribution in [3.8, 4) is 0 Å². The van der Waals surface area contributed by atoms with Crippen molar-refractivity contribution < 1.29 is 19.1 Å². The molecule has 0 spiro atoms. The standard InChI is InChI=1S/C22H25NO4S/c1-3-16-6-8-17(9-7-16)20(24)15(2)27-22(26)18-10-12-23(13-11-18)21(25)19-5-4-14-28-19/h4-9,14-15,18H,3,10-13H2,1-2H3/t15-/m0/s1. The van der Waals surface area contributed by atoms with Crippen LogP contribution < -0.4 is 0 Å². The number of rotatable bonds is 6. The molecule has 0 bridgehead atoms. The van der Waals surface area contributed by atoms with Gasteiger partial charge in [0.15, 0.2) is 6.10 Å². The summed E-state index contributed by atoms with van der Waals surface area (Å²) in [6.45, 7) is 4.72. The highest BCUT2D eigenvalue weighted by Gasteiger charge is 2.31. The molecule has 0 aliphatic carbocycles. The minimum atomic E-state index is -0.814. The van der Waals surface area contributed by atoms with E-state index in [1.807, 2.05) is 29.6 Å². The number of esters is 1. The number of aryl methyl sites for hydroxylation is 1. The summed E-state index contributed by atoms with van der Waals surface area (Å²) in [5, 5.41) is 1.88. The molecule has 1 aromatic heterocycles. The van der Waals surface area contributed by atoms with Gasteiger partial charge in [-0.15, -0.1) is 11.3 Å². The van der Waals surface area contributed by atoms with Crippen LogP contribution in [0.3, 0.4) is 0 Å². The molecule has 148 valence electrons. The average Bonchev–Trinajstić information content (AvgIpc) is 3.27. The smallest absolute Gasteiger partial charge is 0.309 e. The largest absolute Gasteiger partial charge is 0.454 e. The molecule has 0 radical (unpaired) electrons. The first-order valence-corrected chi connectivity index (χ1v) is 10.5. The van der Waals surface area contributed by atoms with Crippen LogP contribution >= 0.6 is 11.3 Å². The van der Waals surface area contributed by atoms with Crippen molar-refractivity contribution in [2.24, 2.45) is 5.92 Å². The number of piperidine rings is 1. The van der Waals surface area contributed by atoms with E-state index >= 15 is 0 Å². The minimum absolute atomic E-state index is 0.0147. The Morgan fingerprint density at radius 1 is 1.14 bits per heavy atom. The van der Waals surface area contributed by atoms with Crippen molar-refractivity contribution in [3.05, 3.63) is 57.8 Å². The Hall–Kier alpha value is -2.47. The van der Waals surface area contributed by atoms with Gasteiger partial charge in [-0.2, -0.15) is 0 Å². The minimum Gasteiger partial charge on any atom is -0.454 e. The molecule has 0 N–H and O–H groups in total. The molecule has 0 saturated carbocycles. The zero-order chi connectivity index (χ0) is 20.1. The van der Waals surface area contributed by atoms with E-state index in [9.17, 15) is 14.4 Å². The van der Waals surface area contributed by atoms with Gasteiger partial charge in [0.05, 0.1) is 10.8 Å². The molecule has 6 heteroatoms. The SMILES string of the molecule is CCc1ccc(C(=O)[C@H](C)OC(=O)C2CCN(C(=O)c3cccs3)CC2)cc1. The second-order valence-corrected chi connectivity index (χ2v) is 7.99. The Kier molecular flexibility index (Phi) is 6.62. The summed E-state index contributed by atoms with van der Waals surface area (Å²) in [6, 6.07) is 11.1. The van der Waals surface area contributed by atoms with E-state index in [4.69, 9.17) is 4.74 Å². The van der Waals surface area contributed by atoms with Gasteiger partial charge in [-0.3, -0.25) is 14.4 Å². The summed E-state index contributed by atoms with van der Waals surface area (Å²) < 4.78 is 5.44. The average molecular weight is 400 g/mol. The predicted molar refractivity (Wildman–Crippen MR) is 109 cm³/mol. The van der Waals surface area contributed by atoms with Gasteiger partial charge in [0.1, 0.15) is 0 Å². The first kappa shape index (κ1) is 20.3. The number of nitrogens with zero attached hydrogens (tertiary/aromatic N) is 1. The fraction of sp³-hybridized carbons (Fsp3) is 0.409. The van der Waals surface area contributed by atoms with E-state index in [0.717, 1.165) is 12.0 Å². The van der Waals surface area contributed by atoms with Gasteiger partial charge >= 0.3 is 5.97 Å². The molecular formula is C22H25NO4S.